The third-order valence-corrected chi connectivity index (χ3v) is 3.40. The molecule has 1 N–H and O–H groups in total. The summed E-state index contributed by atoms with van der Waals surface area (Å²) in [4.78, 5) is 13.8. The zero-order chi connectivity index (χ0) is 15.0. The molecule has 0 radical (unpaired) electrons. The molecule has 0 fully saturated rings. The fraction of sp³-hybridized carbons (Fsp3) is 0.533. The Balaban J connectivity index is 2.66. The Kier molecular flexibility index (Phi) is 7.41. The number of rotatable bonds is 8. The van der Waals surface area contributed by atoms with Gasteiger partial charge in [0.1, 0.15) is 5.75 Å². The van der Waals surface area contributed by atoms with Crippen LogP contribution in [0.15, 0.2) is 24.3 Å². The van der Waals surface area contributed by atoms with Gasteiger partial charge in [0, 0.05) is 18.8 Å². The maximum absolute atomic E-state index is 11.7. The van der Waals surface area contributed by atoms with Crippen molar-refractivity contribution in [3.63, 3.8) is 0 Å². The molecule has 4 nitrogen and oxygen atoms in total. The lowest BCUT2D eigenvalue weighted by atomic mass is 10.1. The van der Waals surface area contributed by atoms with Crippen molar-refractivity contribution in [3.8, 4) is 5.75 Å². The number of hydrogen-bond acceptors (Lipinski definition) is 3. The van der Waals surface area contributed by atoms with Crippen molar-refractivity contribution in [2.24, 2.45) is 0 Å². The minimum Gasteiger partial charge on any atom is -0.497 e. The fourth-order valence-electron chi connectivity index (χ4n) is 1.97. The second-order valence-electron chi connectivity index (χ2n) is 4.85. The van der Waals surface area contributed by atoms with Crippen molar-refractivity contribution in [2.45, 2.75) is 18.9 Å². The predicted octanol–water partition coefficient (Wildman–Crippen LogP) is 2.43. The van der Waals surface area contributed by atoms with Gasteiger partial charge in [-0.1, -0.05) is 12.1 Å². The number of methoxy groups -OCH3 is 1. The van der Waals surface area contributed by atoms with Crippen molar-refractivity contribution >= 4 is 17.5 Å². The van der Waals surface area contributed by atoms with Crippen molar-refractivity contribution in [2.75, 3.05) is 33.6 Å². The first-order valence-corrected chi connectivity index (χ1v) is 7.25. The highest BCUT2D eigenvalue weighted by molar-refractivity contribution is 6.17. The Labute approximate surface area is 126 Å². The first kappa shape index (κ1) is 16.8. The number of carbonyl (C=O) groups is 1. The molecule has 1 aromatic rings. The van der Waals surface area contributed by atoms with Crippen LogP contribution in [0.1, 0.15) is 24.4 Å². The maximum atomic E-state index is 11.7. The number of likely N-dealkylation sites (N-methyl/N-ethyl adjacent to an activating group) is 1. The smallest absolute Gasteiger partial charge is 0.220 e. The molecule has 0 aliphatic carbocycles. The molecule has 1 aromatic carbocycles. The van der Waals surface area contributed by atoms with Crippen LogP contribution in [-0.4, -0.2) is 44.4 Å². The maximum Gasteiger partial charge on any atom is 0.220 e. The van der Waals surface area contributed by atoms with E-state index in [0.29, 0.717) is 25.3 Å². The van der Waals surface area contributed by atoms with Crippen LogP contribution in [-0.2, 0) is 4.79 Å². The SMILES string of the molecule is COc1cccc(C(CNC(=O)CCCCl)N(C)C)c1. The van der Waals surface area contributed by atoms with Gasteiger partial charge in [-0.05, 0) is 38.2 Å². The summed E-state index contributed by atoms with van der Waals surface area (Å²) in [6.07, 6.45) is 1.18. The predicted molar refractivity (Wildman–Crippen MR) is 82.4 cm³/mol. The largest absolute Gasteiger partial charge is 0.497 e. The molecule has 112 valence electrons. The first-order chi connectivity index (χ1) is 9.58. The molecule has 20 heavy (non-hydrogen) atoms. The minimum atomic E-state index is 0.0420. The van der Waals surface area contributed by atoms with Gasteiger partial charge < -0.3 is 15.0 Å². The zero-order valence-electron chi connectivity index (χ0n) is 12.4. The highest BCUT2D eigenvalue weighted by atomic mass is 35.5. The standard InChI is InChI=1S/C15H23ClN2O2/c1-18(2)14(11-17-15(19)8-5-9-16)12-6-4-7-13(10-12)20-3/h4,6-7,10,14H,5,8-9,11H2,1-3H3,(H,17,19). The third-order valence-electron chi connectivity index (χ3n) is 3.13. The lowest BCUT2D eigenvalue weighted by Gasteiger charge is -2.25. The first-order valence-electron chi connectivity index (χ1n) is 6.71. The molecule has 1 rings (SSSR count). The van der Waals surface area contributed by atoms with Crippen molar-refractivity contribution in [1.29, 1.82) is 0 Å². The van der Waals surface area contributed by atoms with E-state index in [-0.39, 0.29) is 11.9 Å². The van der Waals surface area contributed by atoms with Gasteiger partial charge in [-0.3, -0.25) is 4.79 Å². The van der Waals surface area contributed by atoms with Gasteiger partial charge in [0.25, 0.3) is 0 Å². The molecule has 1 atom stereocenters. The van der Waals surface area contributed by atoms with Crippen LogP contribution < -0.4 is 10.1 Å². The number of carbonyl (C=O) groups excluding carboxylic acids is 1. The second-order valence-corrected chi connectivity index (χ2v) is 5.23. The summed E-state index contributed by atoms with van der Waals surface area (Å²) in [5.41, 5.74) is 1.12. The molecule has 0 aliphatic rings. The lowest BCUT2D eigenvalue weighted by molar-refractivity contribution is -0.121. The number of halogens is 1. The molecule has 0 saturated carbocycles. The quantitative estimate of drug-likeness (QED) is 0.750. The Morgan fingerprint density at radius 3 is 2.80 bits per heavy atom. The van der Waals surface area contributed by atoms with Crippen LogP contribution in [0.5, 0.6) is 5.75 Å². The van der Waals surface area contributed by atoms with E-state index in [0.717, 1.165) is 11.3 Å². The zero-order valence-corrected chi connectivity index (χ0v) is 13.1. The van der Waals surface area contributed by atoms with Gasteiger partial charge in [0.15, 0.2) is 0 Å². The molecule has 0 heterocycles. The van der Waals surface area contributed by atoms with E-state index in [1.807, 2.05) is 38.4 Å². The van der Waals surface area contributed by atoms with Crippen LogP contribution in [0.3, 0.4) is 0 Å². The summed E-state index contributed by atoms with van der Waals surface area (Å²) >= 11 is 5.59. The van der Waals surface area contributed by atoms with Gasteiger partial charge >= 0.3 is 0 Å². The van der Waals surface area contributed by atoms with Crippen molar-refractivity contribution in [1.82, 2.24) is 10.2 Å². The van der Waals surface area contributed by atoms with Crippen LogP contribution in [0, 0.1) is 0 Å². The lowest BCUT2D eigenvalue weighted by Crippen LogP contribution is -2.34. The molecule has 0 aromatic heterocycles. The molecule has 1 amide bonds. The van der Waals surface area contributed by atoms with E-state index in [1.54, 1.807) is 7.11 Å². The van der Waals surface area contributed by atoms with Gasteiger partial charge in [-0.25, -0.2) is 0 Å². The Morgan fingerprint density at radius 1 is 1.45 bits per heavy atom. The Morgan fingerprint density at radius 2 is 2.20 bits per heavy atom. The van der Waals surface area contributed by atoms with Crippen LogP contribution >= 0.6 is 11.6 Å². The topological polar surface area (TPSA) is 41.6 Å². The molecular weight excluding hydrogens is 276 g/mol. The summed E-state index contributed by atoms with van der Waals surface area (Å²) < 4.78 is 5.24. The van der Waals surface area contributed by atoms with Gasteiger partial charge in [-0.2, -0.15) is 0 Å². The van der Waals surface area contributed by atoms with E-state index < -0.39 is 0 Å². The van der Waals surface area contributed by atoms with Crippen LogP contribution in [0.25, 0.3) is 0 Å². The van der Waals surface area contributed by atoms with E-state index in [9.17, 15) is 4.79 Å². The number of ether oxygens (including phenoxy) is 1. The second kappa shape index (κ2) is 8.82. The Bertz CT molecular complexity index is 424. The summed E-state index contributed by atoms with van der Waals surface area (Å²) in [6, 6.07) is 8.02. The van der Waals surface area contributed by atoms with Gasteiger partial charge in [-0.15, -0.1) is 11.6 Å². The van der Waals surface area contributed by atoms with Crippen molar-refractivity contribution in [3.05, 3.63) is 29.8 Å². The van der Waals surface area contributed by atoms with Crippen LogP contribution in [0.4, 0.5) is 0 Å². The molecule has 0 saturated heterocycles. The number of amides is 1. The molecule has 1 unspecified atom stereocenters. The molecule has 0 bridgehead atoms. The summed E-state index contributed by atoms with van der Waals surface area (Å²) in [6.45, 7) is 0.571. The van der Waals surface area contributed by atoms with Gasteiger partial charge in [0.2, 0.25) is 5.91 Å². The molecule has 0 spiro atoms. The normalized spacial score (nSPS) is 12.2. The highest BCUT2D eigenvalue weighted by Gasteiger charge is 2.15. The van der Waals surface area contributed by atoms with E-state index in [4.69, 9.17) is 16.3 Å². The number of benzene rings is 1. The van der Waals surface area contributed by atoms with Crippen molar-refractivity contribution < 1.29 is 9.53 Å². The van der Waals surface area contributed by atoms with Crippen LogP contribution in [0.2, 0.25) is 0 Å². The minimum absolute atomic E-state index is 0.0420. The monoisotopic (exact) mass is 298 g/mol. The number of nitrogens with one attached hydrogen (secondary N) is 1. The number of nitrogens with zero attached hydrogens (tertiary/aromatic N) is 1. The number of alkyl halides is 1. The Hall–Kier alpha value is -1.26. The van der Waals surface area contributed by atoms with E-state index >= 15 is 0 Å². The highest BCUT2D eigenvalue weighted by Crippen LogP contribution is 2.22. The van der Waals surface area contributed by atoms with E-state index in [1.165, 1.54) is 0 Å². The third kappa shape index (κ3) is 5.39. The fourth-order valence-corrected chi connectivity index (χ4v) is 2.11. The summed E-state index contributed by atoms with van der Waals surface area (Å²) in [5, 5.41) is 2.95. The average molecular weight is 299 g/mol. The summed E-state index contributed by atoms with van der Waals surface area (Å²) in [5.74, 6) is 1.38. The van der Waals surface area contributed by atoms with Gasteiger partial charge in [0.05, 0.1) is 13.2 Å². The molecule has 5 heteroatoms. The molecule has 0 aliphatic heterocycles. The summed E-state index contributed by atoms with van der Waals surface area (Å²) in [7, 11) is 5.64. The average Bonchev–Trinajstić information content (AvgIpc) is 2.45. The number of hydrogen-bond donors (Lipinski definition) is 1. The molecular formula is C15H23ClN2O2. The van der Waals surface area contributed by atoms with E-state index in [2.05, 4.69) is 10.2 Å².